The molecule has 0 bridgehead atoms. The number of hydrogen-bond acceptors (Lipinski definition) is 9. The quantitative estimate of drug-likeness (QED) is 0.469. The van der Waals surface area contributed by atoms with Gasteiger partial charge in [-0.15, -0.1) is 0 Å². The Balaban J connectivity index is 2.80. The molecule has 27 heavy (non-hydrogen) atoms. The molecule has 1 aromatic heterocycles. The second-order valence-electron chi connectivity index (χ2n) is 6.38. The van der Waals surface area contributed by atoms with Gasteiger partial charge in [0.25, 0.3) is 0 Å². The number of carbonyl (C=O) groups is 4. The van der Waals surface area contributed by atoms with Gasteiger partial charge in [0.1, 0.15) is 18.3 Å². The maximum Gasteiger partial charge on any atom is 0.337 e. The summed E-state index contributed by atoms with van der Waals surface area (Å²) < 4.78 is 5.38. The fourth-order valence-corrected chi connectivity index (χ4v) is 3.27. The first-order valence-electron chi connectivity index (χ1n) is 7.89. The Morgan fingerprint density at radius 2 is 1.67 bits per heavy atom. The van der Waals surface area contributed by atoms with E-state index in [0.717, 1.165) is 33.0 Å². The Morgan fingerprint density at radius 3 is 2.11 bits per heavy atom. The Hall–Kier alpha value is -2.53. The largest absolute Gasteiger partial charge is 0.478 e. The number of pyridine rings is 1. The lowest BCUT2D eigenvalue weighted by molar-refractivity contribution is -0.182. The number of aliphatic hydroxyl groups is 3. The monoisotopic (exact) mass is 381 g/mol. The number of aromatic carboxylic acids is 1. The normalized spacial score (nSPS) is 31.3. The van der Waals surface area contributed by atoms with Gasteiger partial charge in [-0.05, 0) is 32.9 Å². The standard InChI is InChI=1S/C17H19NO9/c1-7(19)12(22)14-17(26,9(3)21)16(25,8(2)20)13(27-14)11-10(15(23)24)5-4-6-18-11/h4-6,12-14,22,25-26H,1-3H3,(H,23,24)/t12?,13-,14+,16-,17+/m0/s1. The van der Waals surface area contributed by atoms with E-state index in [-0.39, 0.29) is 0 Å². The molecule has 1 saturated heterocycles. The van der Waals surface area contributed by atoms with Crippen molar-refractivity contribution in [1.29, 1.82) is 0 Å². The van der Waals surface area contributed by atoms with Crippen molar-refractivity contribution in [2.24, 2.45) is 0 Å². The average molecular weight is 381 g/mol. The van der Waals surface area contributed by atoms with Crippen molar-refractivity contribution in [3.05, 3.63) is 29.6 Å². The zero-order chi connectivity index (χ0) is 20.7. The maximum absolute atomic E-state index is 12.3. The summed E-state index contributed by atoms with van der Waals surface area (Å²) in [6.45, 7) is 2.66. The van der Waals surface area contributed by atoms with Gasteiger partial charge in [-0.25, -0.2) is 4.79 Å². The topological polar surface area (TPSA) is 171 Å². The number of rotatable bonds is 6. The van der Waals surface area contributed by atoms with E-state index in [0.29, 0.717) is 0 Å². The molecule has 0 aromatic carbocycles. The van der Waals surface area contributed by atoms with Gasteiger partial charge >= 0.3 is 5.97 Å². The second-order valence-corrected chi connectivity index (χ2v) is 6.38. The lowest BCUT2D eigenvalue weighted by Crippen LogP contribution is -2.67. The number of aliphatic hydroxyl groups excluding tert-OH is 1. The van der Waals surface area contributed by atoms with Crippen LogP contribution in [0.15, 0.2) is 18.3 Å². The maximum atomic E-state index is 12.3. The molecule has 0 amide bonds. The van der Waals surface area contributed by atoms with Gasteiger partial charge in [-0.1, -0.05) is 0 Å². The fraction of sp³-hybridized carbons (Fsp3) is 0.471. The van der Waals surface area contributed by atoms with Crippen molar-refractivity contribution >= 4 is 23.3 Å². The van der Waals surface area contributed by atoms with Gasteiger partial charge < -0.3 is 25.2 Å². The van der Waals surface area contributed by atoms with E-state index in [9.17, 15) is 39.6 Å². The van der Waals surface area contributed by atoms with Crippen LogP contribution in [-0.4, -0.2) is 72.1 Å². The summed E-state index contributed by atoms with van der Waals surface area (Å²) in [6.07, 6.45) is -4.84. The van der Waals surface area contributed by atoms with E-state index < -0.39 is 64.1 Å². The van der Waals surface area contributed by atoms with E-state index in [1.807, 2.05) is 0 Å². The van der Waals surface area contributed by atoms with Crippen LogP contribution in [-0.2, 0) is 19.1 Å². The number of carbonyl (C=O) groups excluding carboxylic acids is 3. The van der Waals surface area contributed by atoms with Gasteiger partial charge in [-0.3, -0.25) is 19.4 Å². The molecule has 1 fully saturated rings. The van der Waals surface area contributed by atoms with Crippen LogP contribution in [0.25, 0.3) is 0 Å². The van der Waals surface area contributed by atoms with Gasteiger partial charge in [0.15, 0.2) is 28.6 Å². The Morgan fingerprint density at radius 1 is 1.11 bits per heavy atom. The molecule has 1 aliphatic rings. The van der Waals surface area contributed by atoms with Crippen LogP contribution < -0.4 is 0 Å². The summed E-state index contributed by atoms with van der Waals surface area (Å²) in [5, 5.41) is 41.5. The minimum Gasteiger partial charge on any atom is -0.478 e. The van der Waals surface area contributed by atoms with Crippen LogP contribution in [0.1, 0.15) is 42.9 Å². The number of carboxylic acid groups (broad SMARTS) is 1. The van der Waals surface area contributed by atoms with Crippen molar-refractivity contribution in [1.82, 2.24) is 4.98 Å². The number of carboxylic acids is 1. The molecular formula is C17H19NO9. The molecule has 10 nitrogen and oxygen atoms in total. The van der Waals surface area contributed by atoms with Crippen LogP contribution in [0, 0.1) is 0 Å². The molecule has 0 saturated carbocycles. The highest BCUT2D eigenvalue weighted by Crippen LogP contribution is 2.50. The van der Waals surface area contributed by atoms with E-state index in [4.69, 9.17) is 4.74 Å². The highest BCUT2D eigenvalue weighted by molar-refractivity contribution is 6.00. The summed E-state index contributed by atoms with van der Waals surface area (Å²) >= 11 is 0. The van der Waals surface area contributed by atoms with Crippen molar-refractivity contribution in [2.75, 3.05) is 0 Å². The second kappa shape index (κ2) is 6.89. The van der Waals surface area contributed by atoms with E-state index in [2.05, 4.69) is 4.98 Å². The third kappa shape index (κ3) is 2.86. The number of Topliss-reactive ketones (excluding diaryl/α,β-unsaturated/α-hetero) is 3. The fourth-order valence-electron chi connectivity index (χ4n) is 3.27. The highest BCUT2D eigenvalue weighted by atomic mass is 16.6. The summed E-state index contributed by atoms with van der Waals surface area (Å²) in [6, 6.07) is 2.41. The minimum absolute atomic E-state index is 0.444. The Labute approximate surface area is 153 Å². The number of ether oxygens (including phenoxy) is 1. The molecule has 0 radical (unpaired) electrons. The number of aromatic nitrogens is 1. The van der Waals surface area contributed by atoms with Crippen LogP contribution >= 0.6 is 0 Å². The van der Waals surface area contributed by atoms with Crippen molar-refractivity contribution in [3.8, 4) is 0 Å². The first kappa shape index (κ1) is 20.8. The predicted molar refractivity (Wildman–Crippen MR) is 86.8 cm³/mol. The molecule has 10 heteroatoms. The first-order valence-corrected chi connectivity index (χ1v) is 7.89. The lowest BCUT2D eigenvalue weighted by atomic mass is 9.71. The lowest BCUT2D eigenvalue weighted by Gasteiger charge is -2.37. The summed E-state index contributed by atoms with van der Waals surface area (Å²) in [7, 11) is 0. The minimum atomic E-state index is -3.01. The number of nitrogens with zero attached hydrogens (tertiary/aromatic N) is 1. The SMILES string of the molecule is CC(=O)C(O)[C@H]1O[C@@H](c2ncccc2C(=O)O)[C@@](O)(C(C)=O)[C@@]1(O)C(C)=O. The van der Waals surface area contributed by atoms with Crippen LogP contribution in [0.4, 0.5) is 0 Å². The van der Waals surface area contributed by atoms with E-state index in [1.165, 1.54) is 6.07 Å². The molecule has 146 valence electrons. The smallest absolute Gasteiger partial charge is 0.337 e. The molecule has 5 atom stereocenters. The summed E-state index contributed by atoms with van der Waals surface area (Å²) in [5.41, 5.74) is -6.90. The molecule has 1 unspecified atom stereocenters. The molecule has 2 rings (SSSR count). The van der Waals surface area contributed by atoms with E-state index >= 15 is 0 Å². The number of ketones is 3. The first-order chi connectivity index (χ1) is 12.4. The average Bonchev–Trinajstić information content (AvgIpc) is 2.84. The molecular weight excluding hydrogens is 362 g/mol. The van der Waals surface area contributed by atoms with Crippen molar-refractivity contribution < 1.29 is 44.3 Å². The molecule has 4 N–H and O–H groups in total. The third-order valence-electron chi connectivity index (χ3n) is 4.75. The predicted octanol–water partition coefficient (Wildman–Crippen LogP) is -1.19. The Kier molecular flexibility index (Phi) is 5.30. The molecule has 1 aliphatic heterocycles. The van der Waals surface area contributed by atoms with Crippen LogP contribution in [0.2, 0.25) is 0 Å². The molecule has 0 spiro atoms. The molecule has 0 aliphatic carbocycles. The number of hydrogen-bond donors (Lipinski definition) is 4. The van der Waals surface area contributed by atoms with Crippen LogP contribution in [0.3, 0.4) is 0 Å². The molecule has 1 aromatic rings. The third-order valence-corrected chi connectivity index (χ3v) is 4.75. The van der Waals surface area contributed by atoms with Gasteiger partial charge in [0.05, 0.1) is 11.3 Å². The van der Waals surface area contributed by atoms with E-state index in [1.54, 1.807) is 0 Å². The summed E-state index contributed by atoms with van der Waals surface area (Å²) in [5.74, 6) is -4.65. The van der Waals surface area contributed by atoms with Crippen molar-refractivity contribution in [2.45, 2.75) is 50.3 Å². The zero-order valence-electron chi connectivity index (χ0n) is 14.7. The van der Waals surface area contributed by atoms with Gasteiger partial charge in [0.2, 0.25) is 0 Å². The Bertz CT molecular complexity index is 822. The molecule has 2 heterocycles. The van der Waals surface area contributed by atoms with Crippen LogP contribution in [0.5, 0.6) is 0 Å². The van der Waals surface area contributed by atoms with Crippen molar-refractivity contribution in [3.63, 3.8) is 0 Å². The van der Waals surface area contributed by atoms with Gasteiger partial charge in [0, 0.05) is 6.20 Å². The zero-order valence-corrected chi connectivity index (χ0v) is 14.7. The summed E-state index contributed by atoms with van der Waals surface area (Å²) in [4.78, 5) is 51.4. The highest BCUT2D eigenvalue weighted by Gasteiger charge is 2.73. The van der Waals surface area contributed by atoms with Gasteiger partial charge in [-0.2, -0.15) is 0 Å².